The van der Waals surface area contributed by atoms with E-state index in [0.717, 1.165) is 19.4 Å². The van der Waals surface area contributed by atoms with Crippen molar-refractivity contribution < 1.29 is 14.6 Å². The van der Waals surface area contributed by atoms with Gasteiger partial charge in [0, 0.05) is 6.54 Å². The van der Waals surface area contributed by atoms with Gasteiger partial charge in [-0.05, 0) is 20.5 Å². The number of likely N-dealkylation sites (N-methyl/N-ethyl adjacent to an activating group) is 1. The van der Waals surface area contributed by atoms with E-state index in [0.29, 0.717) is 13.0 Å². The van der Waals surface area contributed by atoms with E-state index in [-0.39, 0.29) is 12.4 Å². The molecule has 0 heterocycles. The van der Waals surface area contributed by atoms with Crippen molar-refractivity contribution in [2.75, 3.05) is 27.2 Å². The first-order chi connectivity index (χ1) is 12.6. The van der Waals surface area contributed by atoms with Gasteiger partial charge in [-0.3, -0.25) is 0 Å². The van der Waals surface area contributed by atoms with Gasteiger partial charge in [0.1, 0.15) is 0 Å². The van der Waals surface area contributed by atoms with Crippen molar-refractivity contribution in [1.29, 1.82) is 0 Å². The molecule has 0 aromatic carbocycles. The van der Waals surface area contributed by atoms with Gasteiger partial charge in [-0.1, -0.05) is 96.8 Å². The lowest BCUT2D eigenvalue weighted by Gasteiger charge is -2.15. The van der Waals surface area contributed by atoms with Gasteiger partial charge < -0.3 is 14.7 Å². The molecule has 0 fully saturated rings. The van der Waals surface area contributed by atoms with Crippen LogP contribution in [-0.4, -0.2) is 49.3 Å². The van der Waals surface area contributed by atoms with Crippen molar-refractivity contribution >= 4 is 18.4 Å². The Balaban J connectivity index is 0. The number of aliphatic carboxylic acids is 1. The number of hydrogen-bond acceptors (Lipinski definition) is 3. The summed E-state index contributed by atoms with van der Waals surface area (Å²) < 4.78 is 5.49. The predicted molar refractivity (Wildman–Crippen MR) is 118 cm³/mol. The lowest BCUT2D eigenvalue weighted by molar-refractivity contribution is -0.151. The Morgan fingerprint density at radius 2 is 1.22 bits per heavy atom. The largest absolute Gasteiger partial charge is 0.479 e. The quantitative estimate of drug-likeness (QED) is 0.240. The van der Waals surface area contributed by atoms with E-state index in [1.807, 2.05) is 19.0 Å². The lowest BCUT2D eigenvalue weighted by Crippen LogP contribution is -2.28. The summed E-state index contributed by atoms with van der Waals surface area (Å²) in [5, 5.41) is 9.20. The van der Waals surface area contributed by atoms with Gasteiger partial charge >= 0.3 is 5.97 Å². The first-order valence-electron chi connectivity index (χ1n) is 11.1. The van der Waals surface area contributed by atoms with E-state index in [9.17, 15) is 9.90 Å². The highest BCUT2D eigenvalue weighted by atomic mass is 35.5. The average Bonchev–Trinajstić information content (AvgIpc) is 2.60. The summed E-state index contributed by atoms with van der Waals surface area (Å²) in [6, 6.07) is 0. The zero-order chi connectivity index (χ0) is 19.5. The number of nitrogens with zero attached hydrogens (tertiary/aromatic N) is 1. The van der Waals surface area contributed by atoms with Crippen LogP contribution >= 0.6 is 12.4 Å². The minimum absolute atomic E-state index is 0. The third-order valence-electron chi connectivity index (χ3n) is 4.95. The highest BCUT2D eigenvalue weighted by Crippen LogP contribution is 2.14. The molecule has 1 unspecified atom stereocenters. The fourth-order valence-electron chi connectivity index (χ4n) is 3.18. The summed E-state index contributed by atoms with van der Waals surface area (Å²) in [5.74, 6) is -0.821. The Hall–Kier alpha value is -0.320. The Morgan fingerprint density at radius 3 is 1.59 bits per heavy atom. The first kappa shape index (κ1) is 28.9. The van der Waals surface area contributed by atoms with Gasteiger partial charge in [0.15, 0.2) is 6.10 Å². The van der Waals surface area contributed by atoms with Crippen LogP contribution in [-0.2, 0) is 9.53 Å². The standard InChI is InChI=1S/C22H45NO3.ClH/c1-4-5-6-7-8-9-10-11-12-13-14-15-16-17-18-21(22(24)25)26-20-19-23(2)3;/h21H,4-20H2,1-3H3,(H,24,25);1H. The molecule has 5 heteroatoms. The maximum absolute atomic E-state index is 11.2. The molecule has 4 nitrogen and oxygen atoms in total. The number of rotatable bonds is 20. The number of carboxylic acids is 1. The molecule has 0 aromatic rings. The van der Waals surface area contributed by atoms with Gasteiger partial charge in [0.2, 0.25) is 0 Å². The van der Waals surface area contributed by atoms with E-state index in [4.69, 9.17) is 4.74 Å². The van der Waals surface area contributed by atoms with E-state index in [2.05, 4.69) is 6.92 Å². The molecular formula is C22H46ClNO3. The minimum Gasteiger partial charge on any atom is -0.479 e. The molecule has 0 spiro atoms. The van der Waals surface area contributed by atoms with Gasteiger partial charge in [-0.25, -0.2) is 4.79 Å². The fraction of sp³-hybridized carbons (Fsp3) is 0.955. The van der Waals surface area contributed by atoms with E-state index in [1.165, 1.54) is 77.0 Å². The fourth-order valence-corrected chi connectivity index (χ4v) is 3.18. The predicted octanol–water partition coefficient (Wildman–Crippen LogP) is 6.31. The van der Waals surface area contributed by atoms with E-state index < -0.39 is 12.1 Å². The monoisotopic (exact) mass is 407 g/mol. The molecule has 0 saturated carbocycles. The lowest BCUT2D eigenvalue weighted by atomic mass is 10.0. The zero-order valence-corrected chi connectivity index (χ0v) is 19.0. The molecule has 1 N–H and O–H groups in total. The molecule has 0 rings (SSSR count). The van der Waals surface area contributed by atoms with Gasteiger partial charge in [-0.2, -0.15) is 0 Å². The number of halogens is 1. The Morgan fingerprint density at radius 1 is 0.815 bits per heavy atom. The topological polar surface area (TPSA) is 49.8 Å². The SMILES string of the molecule is CCCCCCCCCCCCCCCCC(OCCN(C)C)C(=O)O.Cl. The maximum atomic E-state index is 11.2. The van der Waals surface area contributed by atoms with Gasteiger partial charge in [0.05, 0.1) is 6.61 Å². The molecule has 0 bridgehead atoms. The summed E-state index contributed by atoms with van der Waals surface area (Å²) in [6.07, 6.45) is 18.5. The molecule has 1 atom stereocenters. The van der Waals surface area contributed by atoms with Crippen LogP contribution in [0.25, 0.3) is 0 Å². The summed E-state index contributed by atoms with van der Waals surface area (Å²) in [4.78, 5) is 13.2. The minimum atomic E-state index is -0.821. The Bertz CT molecular complexity index is 314. The summed E-state index contributed by atoms with van der Waals surface area (Å²) >= 11 is 0. The smallest absolute Gasteiger partial charge is 0.332 e. The molecule has 0 aliphatic rings. The van der Waals surface area contributed by atoms with Crippen molar-refractivity contribution in [2.24, 2.45) is 0 Å². The van der Waals surface area contributed by atoms with Crippen molar-refractivity contribution in [3.63, 3.8) is 0 Å². The number of carboxylic acid groups (broad SMARTS) is 1. The molecule has 0 radical (unpaired) electrons. The number of unbranched alkanes of at least 4 members (excludes halogenated alkanes) is 13. The average molecular weight is 408 g/mol. The number of ether oxygens (including phenoxy) is 1. The molecule has 27 heavy (non-hydrogen) atoms. The second-order valence-corrected chi connectivity index (χ2v) is 7.89. The highest BCUT2D eigenvalue weighted by molar-refractivity contribution is 5.85. The van der Waals surface area contributed by atoms with Crippen molar-refractivity contribution in [3.05, 3.63) is 0 Å². The Labute approximate surface area is 174 Å². The van der Waals surface area contributed by atoms with Crippen LogP contribution in [0.15, 0.2) is 0 Å². The number of hydrogen-bond donors (Lipinski definition) is 1. The van der Waals surface area contributed by atoms with Gasteiger partial charge in [0.25, 0.3) is 0 Å². The van der Waals surface area contributed by atoms with Crippen LogP contribution < -0.4 is 0 Å². The number of carbonyl (C=O) groups is 1. The Kier molecular flexibility index (Phi) is 23.5. The molecule has 0 saturated heterocycles. The summed E-state index contributed by atoms with van der Waals surface area (Å²) in [6.45, 7) is 3.52. The van der Waals surface area contributed by atoms with Crippen LogP contribution in [0.5, 0.6) is 0 Å². The van der Waals surface area contributed by atoms with Crippen LogP contribution in [0, 0.1) is 0 Å². The normalized spacial score (nSPS) is 12.1. The van der Waals surface area contributed by atoms with E-state index >= 15 is 0 Å². The zero-order valence-electron chi connectivity index (χ0n) is 18.2. The van der Waals surface area contributed by atoms with Crippen LogP contribution in [0.3, 0.4) is 0 Å². The van der Waals surface area contributed by atoms with Crippen LogP contribution in [0.1, 0.15) is 103 Å². The van der Waals surface area contributed by atoms with Crippen molar-refractivity contribution in [1.82, 2.24) is 4.90 Å². The van der Waals surface area contributed by atoms with Gasteiger partial charge in [-0.15, -0.1) is 12.4 Å². The van der Waals surface area contributed by atoms with Crippen molar-refractivity contribution in [2.45, 2.75) is 109 Å². The second kappa shape index (κ2) is 22.0. The summed E-state index contributed by atoms with van der Waals surface area (Å²) in [7, 11) is 3.93. The molecule has 0 aliphatic carbocycles. The first-order valence-corrected chi connectivity index (χ1v) is 11.1. The molecular weight excluding hydrogens is 362 g/mol. The third-order valence-corrected chi connectivity index (χ3v) is 4.95. The van der Waals surface area contributed by atoms with Crippen LogP contribution in [0.2, 0.25) is 0 Å². The molecule has 164 valence electrons. The highest BCUT2D eigenvalue weighted by Gasteiger charge is 2.17. The van der Waals surface area contributed by atoms with E-state index in [1.54, 1.807) is 0 Å². The second-order valence-electron chi connectivity index (χ2n) is 7.89. The maximum Gasteiger partial charge on any atom is 0.332 e. The van der Waals surface area contributed by atoms with Crippen molar-refractivity contribution in [3.8, 4) is 0 Å². The summed E-state index contributed by atoms with van der Waals surface area (Å²) in [5.41, 5.74) is 0. The molecule has 0 aliphatic heterocycles. The molecule has 0 aromatic heterocycles. The molecule has 0 amide bonds. The van der Waals surface area contributed by atoms with Crippen LogP contribution in [0.4, 0.5) is 0 Å². The third kappa shape index (κ3) is 21.8.